The first-order valence-electron chi connectivity index (χ1n) is 12.5. The Morgan fingerprint density at radius 1 is 1.03 bits per heavy atom. The SMILES string of the molecule is C[C@@H]1CCCNc2ccc(-c3cccc(N4CCCCC4)c3)cc2N1C(=O)Nc1cncc(F)c1. The predicted octanol–water partition coefficient (Wildman–Crippen LogP) is 6.51. The summed E-state index contributed by atoms with van der Waals surface area (Å²) >= 11 is 0. The molecule has 1 atom stereocenters. The minimum Gasteiger partial charge on any atom is -0.383 e. The van der Waals surface area contributed by atoms with Crippen LogP contribution in [-0.2, 0) is 0 Å². The van der Waals surface area contributed by atoms with Gasteiger partial charge in [0.15, 0.2) is 0 Å². The number of amides is 2. The Kier molecular flexibility index (Phi) is 6.84. The molecule has 2 aromatic carbocycles. The molecule has 3 aromatic rings. The number of benzene rings is 2. The molecule has 1 saturated heterocycles. The van der Waals surface area contributed by atoms with Gasteiger partial charge >= 0.3 is 6.03 Å². The zero-order chi connectivity index (χ0) is 24.2. The topological polar surface area (TPSA) is 60.5 Å². The van der Waals surface area contributed by atoms with Gasteiger partial charge in [0.05, 0.1) is 29.5 Å². The number of piperidine rings is 1. The van der Waals surface area contributed by atoms with Crippen LogP contribution in [0.3, 0.4) is 0 Å². The number of aromatic nitrogens is 1. The fraction of sp³-hybridized carbons (Fsp3) is 0.357. The fourth-order valence-corrected chi connectivity index (χ4v) is 5.05. The Hall–Kier alpha value is -3.61. The molecule has 2 N–H and O–H groups in total. The highest BCUT2D eigenvalue weighted by molar-refractivity contribution is 6.04. The number of hydrogen-bond acceptors (Lipinski definition) is 4. The Balaban J connectivity index is 1.49. The minimum atomic E-state index is -0.485. The fourth-order valence-electron chi connectivity index (χ4n) is 5.05. The van der Waals surface area contributed by atoms with E-state index in [1.165, 1.54) is 37.2 Å². The van der Waals surface area contributed by atoms with Gasteiger partial charge in [-0.25, -0.2) is 9.18 Å². The number of rotatable bonds is 3. The average Bonchev–Trinajstić information content (AvgIpc) is 2.87. The van der Waals surface area contributed by atoms with Gasteiger partial charge in [0, 0.05) is 37.4 Å². The lowest BCUT2D eigenvalue weighted by atomic mass is 10.0. The van der Waals surface area contributed by atoms with Gasteiger partial charge < -0.3 is 15.5 Å². The van der Waals surface area contributed by atoms with E-state index in [9.17, 15) is 9.18 Å². The number of nitrogens with zero attached hydrogens (tertiary/aromatic N) is 3. The Morgan fingerprint density at radius 3 is 2.69 bits per heavy atom. The number of pyridine rings is 1. The smallest absolute Gasteiger partial charge is 0.326 e. The lowest BCUT2D eigenvalue weighted by Gasteiger charge is -2.34. The summed E-state index contributed by atoms with van der Waals surface area (Å²) in [6.07, 6.45) is 8.15. The molecule has 1 fully saturated rings. The molecule has 0 unspecified atom stereocenters. The maximum atomic E-state index is 13.7. The minimum absolute atomic E-state index is 0.0210. The van der Waals surface area contributed by atoms with Crippen LogP contribution < -0.4 is 20.4 Å². The van der Waals surface area contributed by atoms with Gasteiger partial charge in [0.25, 0.3) is 0 Å². The van der Waals surface area contributed by atoms with Crippen molar-refractivity contribution in [2.75, 3.05) is 40.1 Å². The van der Waals surface area contributed by atoms with E-state index in [2.05, 4.69) is 69.9 Å². The number of hydrogen-bond donors (Lipinski definition) is 2. The molecule has 0 spiro atoms. The van der Waals surface area contributed by atoms with Gasteiger partial charge in [-0.05, 0) is 74.4 Å². The standard InChI is InChI=1S/C28H32FN5O/c1-20-7-6-12-31-26-11-10-22(21-8-5-9-25(15-21)33-13-3-2-4-14-33)16-27(26)34(20)28(35)32-24-17-23(29)18-30-19-24/h5,8-11,15-20,31H,2-4,6-7,12-14H2,1H3,(H,32,35)/t20-/m1/s1. The van der Waals surface area contributed by atoms with Crippen molar-refractivity contribution in [1.29, 1.82) is 0 Å². The van der Waals surface area contributed by atoms with Crippen LogP contribution in [0.4, 0.5) is 31.9 Å². The summed E-state index contributed by atoms with van der Waals surface area (Å²) in [6, 6.07) is 15.9. The quantitative estimate of drug-likeness (QED) is 0.455. The second kappa shape index (κ2) is 10.3. The number of anilines is 4. The van der Waals surface area contributed by atoms with Gasteiger partial charge in [0.1, 0.15) is 5.82 Å². The number of carbonyl (C=O) groups is 1. The number of nitrogens with one attached hydrogen (secondary N) is 2. The highest BCUT2D eigenvalue weighted by Crippen LogP contribution is 2.36. The van der Waals surface area contributed by atoms with Crippen LogP contribution in [0.1, 0.15) is 39.0 Å². The van der Waals surface area contributed by atoms with E-state index < -0.39 is 5.82 Å². The highest BCUT2D eigenvalue weighted by Gasteiger charge is 2.27. The molecule has 5 rings (SSSR count). The summed E-state index contributed by atoms with van der Waals surface area (Å²) < 4.78 is 13.7. The molecular weight excluding hydrogens is 441 g/mol. The summed E-state index contributed by atoms with van der Waals surface area (Å²) in [7, 11) is 0. The molecular formula is C28H32FN5O. The number of fused-ring (bicyclic) bond motifs is 1. The maximum Gasteiger partial charge on any atom is 0.326 e. The van der Waals surface area contributed by atoms with Crippen molar-refractivity contribution in [3.8, 4) is 11.1 Å². The normalized spacial score (nSPS) is 18.2. The molecule has 6 nitrogen and oxygen atoms in total. The molecule has 0 saturated carbocycles. The molecule has 1 aromatic heterocycles. The van der Waals surface area contributed by atoms with Crippen LogP contribution in [0.2, 0.25) is 0 Å². The van der Waals surface area contributed by atoms with E-state index in [1.54, 1.807) is 4.90 Å². The lowest BCUT2D eigenvalue weighted by Crippen LogP contribution is -2.43. The third-order valence-corrected chi connectivity index (χ3v) is 6.89. The third kappa shape index (κ3) is 5.24. The van der Waals surface area contributed by atoms with E-state index in [0.717, 1.165) is 61.2 Å². The van der Waals surface area contributed by atoms with Gasteiger partial charge in [-0.3, -0.25) is 9.88 Å². The molecule has 2 amide bonds. The predicted molar refractivity (Wildman–Crippen MR) is 141 cm³/mol. The molecule has 182 valence electrons. The molecule has 2 aliphatic rings. The molecule has 3 heterocycles. The van der Waals surface area contributed by atoms with Crippen LogP contribution in [0, 0.1) is 5.82 Å². The van der Waals surface area contributed by atoms with E-state index in [-0.39, 0.29) is 12.1 Å². The largest absolute Gasteiger partial charge is 0.383 e. The zero-order valence-electron chi connectivity index (χ0n) is 20.1. The summed E-state index contributed by atoms with van der Waals surface area (Å²) in [6.45, 7) is 5.10. The Morgan fingerprint density at radius 2 is 1.86 bits per heavy atom. The van der Waals surface area contributed by atoms with Gasteiger partial charge in [-0.1, -0.05) is 18.2 Å². The molecule has 7 heteroatoms. The molecule has 0 radical (unpaired) electrons. The first kappa shape index (κ1) is 23.1. The van der Waals surface area contributed by atoms with Crippen molar-refractivity contribution in [3.63, 3.8) is 0 Å². The number of urea groups is 1. The van der Waals surface area contributed by atoms with Crippen molar-refractivity contribution in [2.45, 2.75) is 45.1 Å². The van der Waals surface area contributed by atoms with Crippen molar-refractivity contribution in [2.24, 2.45) is 0 Å². The number of halogens is 1. The number of carbonyl (C=O) groups excluding carboxylic acids is 1. The van der Waals surface area contributed by atoms with E-state index >= 15 is 0 Å². The Bertz CT molecular complexity index is 1190. The van der Waals surface area contributed by atoms with Crippen LogP contribution >= 0.6 is 0 Å². The van der Waals surface area contributed by atoms with Crippen LogP contribution in [0.25, 0.3) is 11.1 Å². The zero-order valence-corrected chi connectivity index (χ0v) is 20.1. The monoisotopic (exact) mass is 473 g/mol. The molecule has 0 bridgehead atoms. The van der Waals surface area contributed by atoms with Crippen molar-refractivity contribution in [1.82, 2.24) is 4.98 Å². The van der Waals surface area contributed by atoms with Crippen LogP contribution in [-0.4, -0.2) is 36.7 Å². The summed E-state index contributed by atoms with van der Waals surface area (Å²) in [5.74, 6) is -0.485. The van der Waals surface area contributed by atoms with E-state index in [1.807, 2.05) is 0 Å². The summed E-state index contributed by atoms with van der Waals surface area (Å²) in [5.41, 5.74) is 5.50. The van der Waals surface area contributed by atoms with E-state index in [0.29, 0.717) is 5.69 Å². The highest BCUT2D eigenvalue weighted by atomic mass is 19.1. The van der Waals surface area contributed by atoms with Gasteiger partial charge in [-0.2, -0.15) is 0 Å². The van der Waals surface area contributed by atoms with Crippen molar-refractivity contribution >= 4 is 28.8 Å². The molecule has 2 aliphatic heterocycles. The molecule has 0 aliphatic carbocycles. The van der Waals surface area contributed by atoms with Crippen LogP contribution in [0.15, 0.2) is 60.9 Å². The van der Waals surface area contributed by atoms with Gasteiger partial charge in [0.2, 0.25) is 0 Å². The second-order valence-electron chi connectivity index (χ2n) is 9.44. The maximum absolute atomic E-state index is 13.7. The molecule has 35 heavy (non-hydrogen) atoms. The summed E-state index contributed by atoms with van der Waals surface area (Å²) in [4.78, 5) is 21.5. The lowest BCUT2D eigenvalue weighted by molar-refractivity contribution is 0.254. The Labute approximate surface area is 206 Å². The third-order valence-electron chi connectivity index (χ3n) is 6.89. The summed E-state index contributed by atoms with van der Waals surface area (Å²) in [5, 5.41) is 6.32. The first-order chi connectivity index (χ1) is 17.1. The second-order valence-corrected chi connectivity index (χ2v) is 9.44. The van der Waals surface area contributed by atoms with Crippen molar-refractivity contribution < 1.29 is 9.18 Å². The van der Waals surface area contributed by atoms with Crippen LogP contribution in [0.5, 0.6) is 0 Å². The van der Waals surface area contributed by atoms with E-state index in [4.69, 9.17) is 0 Å². The average molecular weight is 474 g/mol. The first-order valence-corrected chi connectivity index (χ1v) is 12.5. The van der Waals surface area contributed by atoms with Crippen molar-refractivity contribution in [3.05, 3.63) is 66.7 Å². The van der Waals surface area contributed by atoms with Gasteiger partial charge in [-0.15, -0.1) is 0 Å².